The minimum Gasteiger partial charge on any atom is -0.459 e. The van der Waals surface area contributed by atoms with Crippen LogP contribution in [0.1, 0.15) is 16.1 Å². The van der Waals surface area contributed by atoms with E-state index in [1.54, 1.807) is 0 Å². The van der Waals surface area contributed by atoms with Crippen LogP contribution in [-0.4, -0.2) is 20.8 Å². The largest absolute Gasteiger partial charge is 0.459 e. The van der Waals surface area contributed by atoms with Gasteiger partial charge in [0.05, 0.1) is 22.4 Å². The second-order valence-electron chi connectivity index (χ2n) is 5.40. The monoisotopic (exact) mass is 408 g/mol. The summed E-state index contributed by atoms with van der Waals surface area (Å²) in [6.45, 7) is 0. The number of hydrogen-bond acceptors (Lipinski definition) is 8. The molecular formula is C16H11F3N6O4. The SMILES string of the molecule is O=C(NNc1ncnc(Nc2ccccc2C(F)(F)F)c1[N+](=O)[O-])c1ccco1. The molecule has 0 bridgehead atoms. The highest BCUT2D eigenvalue weighted by molar-refractivity contribution is 5.92. The zero-order valence-corrected chi connectivity index (χ0v) is 14.2. The predicted molar refractivity (Wildman–Crippen MR) is 93.2 cm³/mol. The lowest BCUT2D eigenvalue weighted by atomic mass is 10.1. The Morgan fingerprint density at radius 2 is 1.83 bits per heavy atom. The van der Waals surface area contributed by atoms with E-state index in [0.717, 1.165) is 18.5 Å². The summed E-state index contributed by atoms with van der Waals surface area (Å²) in [5.41, 5.74) is 2.13. The molecule has 29 heavy (non-hydrogen) atoms. The molecule has 10 nitrogen and oxygen atoms in total. The summed E-state index contributed by atoms with van der Waals surface area (Å²) >= 11 is 0. The Kier molecular flexibility index (Phi) is 5.29. The number of rotatable bonds is 6. The van der Waals surface area contributed by atoms with Gasteiger partial charge in [-0.1, -0.05) is 12.1 Å². The number of alkyl halides is 3. The fraction of sp³-hybridized carbons (Fsp3) is 0.0625. The lowest BCUT2D eigenvalue weighted by Gasteiger charge is -2.14. The highest BCUT2D eigenvalue weighted by Crippen LogP contribution is 2.37. The number of anilines is 3. The topological polar surface area (TPSA) is 135 Å². The van der Waals surface area contributed by atoms with Crippen LogP contribution in [-0.2, 0) is 6.18 Å². The van der Waals surface area contributed by atoms with Gasteiger partial charge in [0.1, 0.15) is 6.33 Å². The number of nitrogens with one attached hydrogen (secondary N) is 3. The summed E-state index contributed by atoms with van der Waals surface area (Å²) < 4.78 is 44.3. The second-order valence-corrected chi connectivity index (χ2v) is 5.40. The van der Waals surface area contributed by atoms with E-state index in [-0.39, 0.29) is 5.76 Å². The van der Waals surface area contributed by atoms with Crippen LogP contribution in [0.3, 0.4) is 0 Å². The fourth-order valence-electron chi connectivity index (χ4n) is 2.29. The van der Waals surface area contributed by atoms with Crippen molar-refractivity contribution in [1.29, 1.82) is 0 Å². The van der Waals surface area contributed by atoms with Crippen molar-refractivity contribution >= 4 is 28.9 Å². The van der Waals surface area contributed by atoms with Crippen molar-refractivity contribution in [1.82, 2.24) is 15.4 Å². The van der Waals surface area contributed by atoms with Gasteiger partial charge in [-0.15, -0.1) is 0 Å². The summed E-state index contributed by atoms with van der Waals surface area (Å²) in [7, 11) is 0. The maximum absolute atomic E-state index is 13.2. The van der Waals surface area contributed by atoms with Crippen LogP contribution in [0.15, 0.2) is 53.4 Å². The van der Waals surface area contributed by atoms with Gasteiger partial charge in [0.25, 0.3) is 0 Å². The van der Waals surface area contributed by atoms with Crippen LogP contribution in [0, 0.1) is 10.1 Å². The first-order valence-corrected chi connectivity index (χ1v) is 7.80. The minimum atomic E-state index is -4.69. The van der Waals surface area contributed by atoms with Crippen molar-refractivity contribution in [3.05, 3.63) is 70.4 Å². The molecule has 0 aliphatic rings. The van der Waals surface area contributed by atoms with Crippen LogP contribution in [0.25, 0.3) is 0 Å². The number of para-hydroxylation sites is 1. The van der Waals surface area contributed by atoms with E-state index in [9.17, 15) is 28.1 Å². The Bertz CT molecular complexity index is 1040. The Hall–Kier alpha value is -4.16. The highest BCUT2D eigenvalue weighted by atomic mass is 19.4. The van der Waals surface area contributed by atoms with Crippen LogP contribution < -0.4 is 16.2 Å². The van der Waals surface area contributed by atoms with E-state index in [0.29, 0.717) is 0 Å². The number of nitro groups is 1. The summed E-state index contributed by atoms with van der Waals surface area (Å²) in [5, 5.41) is 13.8. The number of nitrogens with zero attached hydrogens (tertiary/aromatic N) is 3. The van der Waals surface area contributed by atoms with Gasteiger partial charge in [-0.25, -0.2) is 9.97 Å². The summed E-state index contributed by atoms with van der Waals surface area (Å²) in [5.74, 6) is -1.78. The third-order valence-corrected chi connectivity index (χ3v) is 3.53. The summed E-state index contributed by atoms with van der Waals surface area (Å²) in [4.78, 5) is 29.8. The Morgan fingerprint density at radius 3 is 2.48 bits per heavy atom. The molecule has 13 heteroatoms. The molecule has 0 aliphatic heterocycles. The van der Waals surface area contributed by atoms with E-state index in [1.165, 1.54) is 30.5 Å². The number of carbonyl (C=O) groups excluding carboxylic acids is 1. The third kappa shape index (κ3) is 4.40. The quantitative estimate of drug-likeness (QED) is 0.417. The molecule has 3 N–H and O–H groups in total. The van der Waals surface area contributed by atoms with Crippen LogP contribution in [0.5, 0.6) is 0 Å². The first-order valence-electron chi connectivity index (χ1n) is 7.80. The zero-order chi connectivity index (χ0) is 21.0. The first kappa shape index (κ1) is 19.6. The molecule has 1 amide bonds. The van der Waals surface area contributed by atoms with Crippen LogP contribution in [0.2, 0.25) is 0 Å². The van der Waals surface area contributed by atoms with Gasteiger partial charge in [0.2, 0.25) is 11.6 Å². The first-order chi connectivity index (χ1) is 13.8. The van der Waals surface area contributed by atoms with Gasteiger partial charge in [-0.2, -0.15) is 13.2 Å². The molecule has 0 aliphatic carbocycles. The molecule has 0 unspecified atom stereocenters. The number of aromatic nitrogens is 2. The fourth-order valence-corrected chi connectivity index (χ4v) is 2.29. The average Bonchev–Trinajstić information content (AvgIpc) is 3.20. The van der Waals surface area contributed by atoms with E-state index in [1.807, 2.05) is 0 Å². The van der Waals surface area contributed by atoms with E-state index >= 15 is 0 Å². The number of furan rings is 1. The maximum Gasteiger partial charge on any atom is 0.418 e. The maximum atomic E-state index is 13.2. The molecule has 0 spiro atoms. The van der Waals surface area contributed by atoms with Crippen molar-refractivity contribution < 1.29 is 27.3 Å². The minimum absolute atomic E-state index is 0.0772. The molecule has 150 valence electrons. The molecule has 0 radical (unpaired) electrons. The zero-order valence-electron chi connectivity index (χ0n) is 14.2. The van der Waals surface area contributed by atoms with E-state index < -0.39 is 45.6 Å². The van der Waals surface area contributed by atoms with Gasteiger partial charge in [0, 0.05) is 0 Å². The van der Waals surface area contributed by atoms with Gasteiger partial charge in [-0.05, 0) is 24.3 Å². The van der Waals surface area contributed by atoms with E-state index in [2.05, 4.69) is 26.1 Å². The molecule has 0 atom stereocenters. The number of carbonyl (C=O) groups is 1. The molecule has 1 aromatic carbocycles. The van der Waals surface area contributed by atoms with Gasteiger partial charge >= 0.3 is 17.8 Å². The Labute approximate surface area is 159 Å². The third-order valence-electron chi connectivity index (χ3n) is 3.53. The molecule has 3 aromatic rings. The Balaban J connectivity index is 1.90. The van der Waals surface area contributed by atoms with Crippen molar-refractivity contribution in [3.8, 4) is 0 Å². The van der Waals surface area contributed by atoms with Crippen molar-refractivity contribution in [2.24, 2.45) is 0 Å². The van der Waals surface area contributed by atoms with Gasteiger partial charge < -0.3 is 9.73 Å². The number of benzene rings is 1. The summed E-state index contributed by atoms with van der Waals surface area (Å²) in [6.07, 6.45) is -2.56. The number of hydrazine groups is 1. The van der Waals surface area contributed by atoms with Gasteiger partial charge in [-0.3, -0.25) is 25.8 Å². The summed E-state index contributed by atoms with van der Waals surface area (Å²) in [6, 6.07) is 7.24. The number of amides is 1. The molecule has 0 fully saturated rings. The molecular weight excluding hydrogens is 397 g/mol. The van der Waals surface area contributed by atoms with E-state index in [4.69, 9.17) is 4.42 Å². The molecule has 3 rings (SSSR count). The van der Waals surface area contributed by atoms with Crippen LogP contribution in [0.4, 0.5) is 36.2 Å². The standard InChI is InChI=1S/C16H11F3N6O4/c17-16(18,19)9-4-1-2-5-10(9)22-13-12(25(27)28)14(21-8-20-13)23-24-15(26)11-6-3-7-29-11/h1-8H,(H,24,26)(H2,20,21,22,23). The predicted octanol–water partition coefficient (Wildman–Crippen LogP) is 3.50. The molecule has 2 aromatic heterocycles. The highest BCUT2D eigenvalue weighted by Gasteiger charge is 2.34. The normalized spacial score (nSPS) is 11.0. The lowest BCUT2D eigenvalue weighted by Crippen LogP contribution is -2.30. The molecule has 0 saturated heterocycles. The lowest BCUT2D eigenvalue weighted by molar-refractivity contribution is -0.383. The molecule has 2 heterocycles. The second kappa shape index (κ2) is 7.84. The Morgan fingerprint density at radius 1 is 1.10 bits per heavy atom. The average molecular weight is 408 g/mol. The smallest absolute Gasteiger partial charge is 0.418 e. The number of hydrogen-bond donors (Lipinski definition) is 3. The molecule has 0 saturated carbocycles. The van der Waals surface area contributed by atoms with Crippen molar-refractivity contribution in [2.75, 3.05) is 10.7 Å². The number of halogens is 3. The van der Waals surface area contributed by atoms with Crippen molar-refractivity contribution in [3.63, 3.8) is 0 Å². The van der Waals surface area contributed by atoms with Crippen molar-refractivity contribution in [2.45, 2.75) is 6.18 Å². The van der Waals surface area contributed by atoms with Crippen LogP contribution >= 0.6 is 0 Å². The van der Waals surface area contributed by atoms with Gasteiger partial charge in [0.15, 0.2) is 5.76 Å².